The van der Waals surface area contributed by atoms with Gasteiger partial charge in [-0.3, -0.25) is 19.6 Å². The summed E-state index contributed by atoms with van der Waals surface area (Å²) in [6.07, 6.45) is 3.19. The number of carbonyl (C=O) groups is 1. The molecule has 0 bridgehead atoms. The average molecular weight is 458 g/mol. The Morgan fingerprint density at radius 1 is 1.09 bits per heavy atom. The van der Waals surface area contributed by atoms with Crippen molar-refractivity contribution in [3.05, 3.63) is 99.1 Å². The van der Waals surface area contributed by atoms with Crippen LogP contribution in [0.2, 0.25) is 0 Å². The van der Waals surface area contributed by atoms with Gasteiger partial charge in [-0.1, -0.05) is 12.1 Å². The fraction of sp³-hybridized carbons (Fsp3) is 0.167. The number of hydrogen-bond acceptors (Lipinski definition) is 7. The van der Waals surface area contributed by atoms with Crippen molar-refractivity contribution in [2.75, 3.05) is 5.32 Å². The molecule has 34 heavy (non-hydrogen) atoms. The van der Waals surface area contributed by atoms with Gasteiger partial charge in [0.15, 0.2) is 0 Å². The summed E-state index contributed by atoms with van der Waals surface area (Å²) in [4.78, 5) is 31.6. The van der Waals surface area contributed by atoms with Crippen LogP contribution in [0.3, 0.4) is 0 Å². The number of nitro groups is 1. The fourth-order valence-electron chi connectivity index (χ4n) is 3.52. The minimum Gasteiger partial charge on any atom is -0.424 e. The van der Waals surface area contributed by atoms with E-state index in [4.69, 9.17) is 4.74 Å². The van der Waals surface area contributed by atoms with Crippen molar-refractivity contribution in [1.82, 2.24) is 19.7 Å². The van der Waals surface area contributed by atoms with Crippen molar-refractivity contribution < 1.29 is 14.5 Å². The monoisotopic (exact) mass is 458 g/mol. The van der Waals surface area contributed by atoms with E-state index in [9.17, 15) is 14.9 Å². The highest BCUT2D eigenvalue weighted by molar-refractivity contribution is 6.04. The maximum atomic E-state index is 12.7. The second-order valence-electron chi connectivity index (χ2n) is 7.70. The zero-order chi connectivity index (χ0) is 24.2. The Morgan fingerprint density at radius 3 is 2.41 bits per heavy atom. The summed E-state index contributed by atoms with van der Waals surface area (Å²) in [6.45, 7) is 5.52. The minimum atomic E-state index is -0.419. The Balaban J connectivity index is 1.42. The lowest BCUT2D eigenvalue weighted by molar-refractivity contribution is -0.386. The van der Waals surface area contributed by atoms with Gasteiger partial charge in [0.05, 0.1) is 11.5 Å². The molecule has 10 heteroatoms. The maximum Gasteiger partial charge on any atom is 0.321 e. The van der Waals surface area contributed by atoms with Crippen molar-refractivity contribution in [2.45, 2.75) is 27.3 Å². The van der Waals surface area contributed by atoms with Crippen molar-refractivity contribution >= 4 is 17.3 Å². The summed E-state index contributed by atoms with van der Waals surface area (Å²) in [5.74, 6) is 0.312. The van der Waals surface area contributed by atoms with E-state index in [1.54, 1.807) is 79.5 Å². The average Bonchev–Trinajstić information content (AvgIpc) is 3.09. The molecule has 1 amide bonds. The number of rotatable bonds is 7. The number of benzene rings is 2. The lowest BCUT2D eigenvalue weighted by atomic mass is 10.1. The van der Waals surface area contributed by atoms with E-state index in [0.29, 0.717) is 34.9 Å². The van der Waals surface area contributed by atoms with E-state index in [2.05, 4.69) is 20.4 Å². The third kappa shape index (κ3) is 4.90. The zero-order valence-corrected chi connectivity index (χ0v) is 18.8. The number of aryl methyl sites for hydroxylation is 2. The highest BCUT2D eigenvalue weighted by atomic mass is 16.6. The number of hydrogen-bond donors (Lipinski definition) is 1. The molecular weight excluding hydrogens is 436 g/mol. The topological polar surface area (TPSA) is 125 Å². The second-order valence-corrected chi connectivity index (χ2v) is 7.70. The first-order chi connectivity index (χ1) is 16.3. The first-order valence-electron chi connectivity index (χ1n) is 10.5. The fourth-order valence-corrected chi connectivity index (χ4v) is 3.52. The molecule has 10 nitrogen and oxygen atoms in total. The molecule has 0 fully saturated rings. The smallest absolute Gasteiger partial charge is 0.321 e. The Hall–Kier alpha value is -4.60. The van der Waals surface area contributed by atoms with Gasteiger partial charge in [-0.2, -0.15) is 5.10 Å². The van der Waals surface area contributed by atoms with E-state index < -0.39 is 4.92 Å². The van der Waals surface area contributed by atoms with Crippen LogP contribution in [0.4, 0.5) is 11.4 Å². The molecule has 4 rings (SSSR count). The van der Waals surface area contributed by atoms with Gasteiger partial charge >= 0.3 is 11.7 Å². The summed E-state index contributed by atoms with van der Waals surface area (Å²) < 4.78 is 7.21. The minimum absolute atomic E-state index is 0.0269. The van der Waals surface area contributed by atoms with Crippen LogP contribution in [0.25, 0.3) is 0 Å². The van der Waals surface area contributed by atoms with Crippen molar-refractivity contribution in [3.8, 4) is 11.8 Å². The molecule has 2 heterocycles. The van der Waals surface area contributed by atoms with Gasteiger partial charge in [-0.05, 0) is 68.3 Å². The zero-order valence-electron chi connectivity index (χ0n) is 18.8. The lowest BCUT2D eigenvalue weighted by Crippen LogP contribution is -2.13. The molecule has 0 aliphatic rings. The van der Waals surface area contributed by atoms with Gasteiger partial charge in [0.2, 0.25) is 0 Å². The van der Waals surface area contributed by atoms with Crippen LogP contribution in [-0.2, 0) is 6.54 Å². The SMILES string of the molecule is Cc1cc(Oc2ncccn2)ccc1NC(=O)c1ccc(Cn2nc(C)c([N+](=O)[O-])c2C)cc1. The molecular formula is C24H22N6O4. The molecule has 0 radical (unpaired) electrons. The Kier molecular flexibility index (Phi) is 6.30. The molecule has 0 aliphatic carbocycles. The first kappa shape index (κ1) is 22.6. The van der Waals surface area contributed by atoms with Crippen LogP contribution >= 0.6 is 0 Å². The van der Waals surface area contributed by atoms with E-state index in [0.717, 1.165) is 11.1 Å². The van der Waals surface area contributed by atoms with Crippen molar-refractivity contribution in [2.24, 2.45) is 0 Å². The van der Waals surface area contributed by atoms with Crippen LogP contribution < -0.4 is 10.1 Å². The van der Waals surface area contributed by atoms with Crippen LogP contribution in [0, 0.1) is 30.9 Å². The molecule has 0 unspecified atom stereocenters. The number of nitrogens with zero attached hydrogens (tertiary/aromatic N) is 5. The van der Waals surface area contributed by atoms with Gasteiger partial charge in [-0.25, -0.2) is 9.97 Å². The number of ether oxygens (including phenoxy) is 1. The Morgan fingerprint density at radius 2 is 1.79 bits per heavy atom. The van der Waals surface area contributed by atoms with Crippen LogP contribution in [0.1, 0.15) is 32.9 Å². The highest BCUT2D eigenvalue weighted by Crippen LogP contribution is 2.25. The molecule has 0 atom stereocenters. The van der Waals surface area contributed by atoms with Crippen LogP contribution in [0.15, 0.2) is 60.9 Å². The summed E-state index contributed by atoms with van der Waals surface area (Å²) in [6, 6.07) is 14.3. The standard InChI is InChI=1S/C24H22N6O4/c1-15-13-20(34-24-25-11-4-12-26-24)9-10-21(15)27-23(31)19-7-5-18(6-8-19)14-29-17(3)22(30(32)33)16(2)28-29/h4-13H,14H2,1-3H3,(H,27,31). The summed E-state index contributed by atoms with van der Waals surface area (Å²) in [5.41, 5.74) is 3.74. The number of amides is 1. The second kappa shape index (κ2) is 9.49. The van der Waals surface area contributed by atoms with Gasteiger partial charge in [0.25, 0.3) is 5.91 Å². The number of nitrogens with one attached hydrogen (secondary N) is 1. The Labute approximate surface area is 195 Å². The molecule has 0 saturated heterocycles. The first-order valence-corrected chi connectivity index (χ1v) is 10.5. The third-order valence-electron chi connectivity index (χ3n) is 5.27. The molecule has 1 N–H and O–H groups in total. The molecule has 2 aromatic carbocycles. The van der Waals surface area contributed by atoms with Crippen LogP contribution in [-0.4, -0.2) is 30.6 Å². The number of aromatic nitrogens is 4. The molecule has 0 saturated carbocycles. The predicted molar refractivity (Wildman–Crippen MR) is 125 cm³/mol. The largest absolute Gasteiger partial charge is 0.424 e. The summed E-state index contributed by atoms with van der Waals surface area (Å²) >= 11 is 0. The number of carbonyl (C=O) groups excluding carboxylic acids is 1. The van der Waals surface area contributed by atoms with Crippen LogP contribution in [0.5, 0.6) is 11.8 Å². The third-order valence-corrected chi connectivity index (χ3v) is 5.27. The van der Waals surface area contributed by atoms with Gasteiger partial charge < -0.3 is 10.1 Å². The summed E-state index contributed by atoms with van der Waals surface area (Å²) in [5, 5.41) is 18.4. The quantitative estimate of drug-likeness (QED) is 0.317. The molecule has 0 spiro atoms. The predicted octanol–water partition coefficient (Wildman–Crippen LogP) is 4.60. The van der Waals surface area contributed by atoms with Gasteiger partial charge in [0, 0.05) is 23.6 Å². The Bertz CT molecular complexity index is 1350. The molecule has 0 aliphatic heterocycles. The number of anilines is 1. The van der Waals surface area contributed by atoms with Crippen molar-refractivity contribution in [3.63, 3.8) is 0 Å². The van der Waals surface area contributed by atoms with Crippen molar-refractivity contribution in [1.29, 1.82) is 0 Å². The van der Waals surface area contributed by atoms with E-state index >= 15 is 0 Å². The highest BCUT2D eigenvalue weighted by Gasteiger charge is 2.21. The summed E-state index contributed by atoms with van der Waals surface area (Å²) in [7, 11) is 0. The van der Waals surface area contributed by atoms with Gasteiger partial charge in [-0.15, -0.1) is 0 Å². The molecule has 2 aromatic heterocycles. The molecule has 4 aromatic rings. The van der Waals surface area contributed by atoms with E-state index in [1.165, 1.54) is 0 Å². The lowest BCUT2D eigenvalue weighted by Gasteiger charge is -2.11. The maximum absolute atomic E-state index is 12.7. The van der Waals surface area contributed by atoms with Gasteiger partial charge in [0.1, 0.15) is 17.1 Å². The van der Waals surface area contributed by atoms with E-state index in [-0.39, 0.29) is 17.6 Å². The normalized spacial score (nSPS) is 10.7. The van der Waals surface area contributed by atoms with E-state index in [1.807, 2.05) is 6.92 Å². The molecule has 172 valence electrons.